The Hall–Kier alpha value is -2.15. The maximum atomic E-state index is 12.6. The molecule has 7 nitrogen and oxygen atoms in total. The van der Waals surface area contributed by atoms with Crippen molar-refractivity contribution in [3.8, 4) is 0 Å². The number of amides is 2. The number of fused-ring (bicyclic) bond motifs is 1. The van der Waals surface area contributed by atoms with Gasteiger partial charge in [-0.05, 0) is 25.5 Å². The summed E-state index contributed by atoms with van der Waals surface area (Å²) >= 11 is 0. The van der Waals surface area contributed by atoms with Gasteiger partial charge < -0.3 is 9.15 Å². The van der Waals surface area contributed by atoms with Gasteiger partial charge >= 0.3 is 5.97 Å². The zero-order valence-corrected chi connectivity index (χ0v) is 13.4. The SMILES string of the molecule is CCOC(=O)[C@]1(CC)N[C@H](c2ccco2)[C@H]2C(=O)N(C)C(=O)[C@H]21. The lowest BCUT2D eigenvalue weighted by atomic mass is 9.78. The quantitative estimate of drug-likeness (QED) is 0.654. The van der Waals surface area contributed by atoms with Crippen LogP contribution in [0.2, 0.25) is 0 Å². The second kappa shape index (κ2) is 5.49. The lowest BCUT2D eigenvalue weighted by molar-refractivity contribution is -0.156. The molecule has 124 valence electrons. The van der Waals surface area contributed by atoms with Crippen molar-refractivity contribution in [1.29, 1.82) is 0 Å². The summed E-state index contributed by atoms with van der Waals surface area (Å²) in [6.45, 7) is 3.73. The molecule has 4 atom stereocenters. The van der Waals surface area contributed by atoms with E-state index in [1.807, 2.05) is 6.92 Å². The smallest absolute Gasteiger partial charge is 0.327 e. The van der Waals surface area contributed by atoms with Crippen LogP contribution >= 0.6 is 0 Å². The van der Waals surface area contributed by atoms with E-state index in [4.69, 9.17) is 9.15 Å². The number of rotatable bonds is 4. The van der Waals surface area contributed by atoms with Crippen LogP contribution in [0.3, 0.4) is 0 Å². The molecule has 0 radical (unpaired) electrons. The fraction of sp³-hybridized carbons (Fsp3) is 0.562. The molecule has 0 saturated carbocycles. The van der Waals surface area contributed by atoms with Crippen molar-refractivity contribution in [2.75, 3.05) is 13.7 Å². The van der Waals surface area contributed by atoms with E-state index in [1.165, 1.54) is 13.3 Å². The highest BCUT2D eigenvalue weighted by atomic mass is 16.5. The summed E-state index contributed by atoms with van der Waals surface area (Å²) in [5.41, 5.74) is -1.21. The first-order valence-electron chi connectivity index (χ1n) is 7.77. The molecular formula is C16H20N2O5. The summed E-state index contributed by atoms with van der Waals surface area (Å²) in [7, 11) is 1.45. The Balaban J connectivity index is 2.10. The predicted molar refractivity (Wildman–Crippen MR) is 79.0 cm³/mol. The van der Waals surface area contributed by atoms with Crippen LogP contribution in [0.1, 0.15) is 32.1 Å². The van der Waals surface area contributed by atoms with Gasteiger partial charge in [0.15, 0.2) is 0 Å². The van der Waals surface area contributed by atoms with Crippen molar-refractivity contribution in [3.63, 3.8) is 0 Å². The van der Waals surface area contributed by atoms with Gasteiger partial charge in [-0.3, -0.25) is 24.6 Å². The third-order valence-corrected chi connectivity index (χ3v) is 4.92. The third kappa shape index (κ3) is 2.03. The van der Waals surface area contributed by atoms with Crippen LogP contribution in [0, 0.1) is 11.8 Å². The van der Waals surface area contributed by atoms with Crippen LogP contribution in [0.5, 0.6) is 0 Å². The van der Waals surface area contributed by atoms with Crippen LogP contribution in [-0.2, 0) is 19.1 Å². The van der Waals surface area contributed by atoms with Crippen molar-refractivity contribution < 1.29 is 23.5 Å². The maximum absolute atomic E-state index is 12.6. The van der Waals surface area contributed by atoms with Crippen molar-refractivity contribution >= 4 is 17.8 Å². The predicted octanol–water partition coefficient (Wildman–Crippen LogP) is 0.867. The Kier molecular flexibility index (Phi) is 3.75. The summed E-state index contributed by atoms with van der Waals surface area (Å²) in [6, 6.07) is 2.93. The molecule has 1 N–H and O–H groups in total. The molecule has 0 unspecified atom stereocenters. The van der Waals surface area contributed by atoms with E-state index in [1.54, 1.807) is 19.1 Å². The largest absolute Gasteiger partial charge is 0.468 e. The molecule has 1 aromatic heterocycles. The fourth-order valence-corrected chi connectivity index (χ4v) is 3.77. The molecule has 2 fully saturated rings. The summed E-state index contributed by atoms with van der Waals surface area (Å²) in [5, 5.41) is 3.19. The van der Waals surface area contributed by atoms with Gasteiger partial charge in [0.1, 0.15) is 11.3 Å². The average molecular weight is 320 g/mol. The van der Waals surface area contributed by atoms with Crippen LogP contribution in [0.4, 0.5) is 0 Å². The molecule has 3 heterocycles. The lowest BCUT2D eigenvalue weighted by Crippen LogP contribution is -2.55. The van der Waals surface area contributed by atoms with Gasteiger partial charge in [0.25, 0.3) is 0 Å². The first-order valence-corrected chi connectivity index (χ1v) is 7.77. The van der Waals surface area contributed by atoms with E-state index in [9.17, 15) is 14.4 Å². The van der Waals surface area contributed by atoms with Crippen molar-refractivity contribution in [1.82, 2.24) is 10.2 Å². The Labute approximate surface area is 134 Å². The molecule has 2 aliphatic heterocycles. The fourth-order valence-electron chi connectivity index (χ4n) is 3.77. The second-order valence-electron chi connectivity index (χ2n) is 5.92. The molecule has 3 rings (SSSR count). The lowest BCUT2D eigenvalue weighted by Gasteiger charge is -2.31. The monoisotopic (exact) mass is 320 g/mol. The van der Waals surface area contributed by atoms with Gasteiger partial charge in [0.2, 0.25) is 11.8 Å². The number of nitrogens with one attached hydrogen (secondary N) is 1. The minimum atomic E-state index is -1.21. The molecule has 1 aromatic rings. The number of furan rings is 1. The van der Waals surface area contributed by atoms with Gasteiger partial charge in [-0.2, -0.15) is 0 Å². The zero-order chi connectivity index (χ0) is 16.8. The van der Waals surface area contributed by atoms with Crippen LogP contribution in [0.25, 0.3) is 0 Å². The first-order chi connectivity index (χ1) is 11.0. The summed E-state index contributed by atoms with van der Waals surface area (Å²) in [5.74, 6) is -2.05. The molecular weight excluding hydrogens is 300 g/mol. The number of hydrogen-bond donors (Lipinski definition) is 1. The highest BCUT2D eigenvalue weighted by molar-refractivity contribution is 6.09. The molecule has 0 spiro atoms. The molecule has 2 aliphatic rings. The van der Waals surface area contributed by atoms with Gasteiger partial charge in [0, 0.05) is 7.05 Å². The zero-order valence-electron chi connectivity index (χ0n) is 13.4. The molecule has 23 heavy (non-hydrogen) atoms. The van der Waals surface area contributed by atoms with Crippen LogP contribution in [0.15, 0.2) is 22.8 Å². The third-order valence-electron chi connectivity index (χ3n) is 4.92. The topological polar surface area (TPSA) is 88.8 Å². The normalized spacial score (nSPS) is 33.2. The highest BCUT2D eigenvalue weighted by Gasteiger charge is 2.68. The molecule has 0 aromatic carbocycles. The number of likely N-dealkylation sites (tertiary alicyclic amines) is 1. The van der Waals surface area contributed by atoms with Gasteiger partial charge in [-0.15, -0.1) is 0 Å². The second-order valence-corrected chi connectivity index (χ2v) is 5.92. The molecule has 2 saturated heterocycles. The molecule has 0 aliphatic carbocycles. The minimum absolute atomic E-state index is 0.211. The highest BCUT2D eigenvalue weighted by Crippen LogP contribution is 2.50. The Morgan fingerprint density at radius 1 is 1.39 bits per heavy atom. The van der Waals surface area contributed by atoms with E-state index in [0.717, 1.165) is 4.90 Å². The summed E-state index contributed by atoms with van der Waals surface area (Å²) in [6.07, 6.45) is 1.85. The number of nitrogens with zero attached hydrogens (tertiary/aromatic N) is 1. The molecule has 0 bridgehead atoms. The van der Waals surface area contributed by atoms with Gasteiger partial charge in [-0.25, -0.2) is 0 Å². The van der Waals surface area contributed by atoms with E-state index < -0.39 is 29.4 Å². The number of carbonyl (C=O) groups excluding carboxylic acids is 3. The summed E-state index contributed by atoms with van der Waals surface area (Å²) in [4.78, 5) is 38.9. The van der Waals surface area contributed by atoms with Gasteiger partial charge in [-0.1, -0.05) is 6.92 Å². The van der Waals surface area contributed by atoms with E-state index in [2.05, 4.69) is 5.32 Å². The maximum Gasteiger partial charge on any atom is 0.327 e. The summed E-state index contributed by atoms with van der Waals surface area (Å²) < 4.78 is 10.6. The Morgan fingerprint density at radius 2 is 2.13 bits per heavy atom. The number of hydrogen-bond acceptors (Lipinski definition) is 6. The van der Waals surface area contributed by atoms with Crippen LogP contribution < -0.4 is 5.32 Å². The molecule has 7 heteroatoms. The number of imide groups is 1. The van der Waals surface area contributed by atoms with Crippen molar-refractivity contribution in [3.05, 3.63) is 24.2 Å². The van der Waals surface area contributed by atoms with Crippen molar-refractivity contribution in [2.24, 2.45) is 11.8 Å². The average Bonchev–Trinajstić information content (AvgIpc) is 3.22. The standard InChI is InChI=1S/C16H20N2O5/c1-4-16(15(21)22-5-2)11-10(13(19)18(3)14(11)20)12(17-16)9-7-6-8-23-9/h6-8,10-12,17H,4-5H2,1-3H3/t10-,11-,12+,16+/m0/s1. The van der Waals surface area contributed by atoms with E-state index >= 15 is 0 Å². The number of carbonyl (C=O) groups is 3. The van der Waals surface area contributed by atoms with E-state index in [-0.39, 0.29) is 18.4 Å². The Morgan fingerprint density at radius 3 is 2.70 bits per heavy atom. The van der Waals surface area contributed by atoms with Crippen LogP contribution in [-0.4, -0.2) is 41.9 Å². The molecule has 2 amide bonds. The number of esters is 1. The van der Waals surface area contributed by atoms with Crippen molar-refractivity contribution in [2.45, 2.75) is 31.8 Å². The Bertz CT molecular complexity index is 641. The van der Waals surface area contributed by atoms with Gasteiger partial charge in [0.05, 0.1) is 30.7 Å². The van der Waals surface area contributed by atoms with E-state index in [0.29, 0.717) is 12.2 Å². The first kappa shape index (κ1) is 15.7. The minimum Gasteiger partial charge on any atom is -0.468 e. The number of ether oxygens (including phenoxy) is 1.